The van der Waals surface area contributed by atoms with Gasteiger partial charge in [0.25, 0.3) is 0 Å². The number of carbonyl (C=O) groups is 1. The number of epoxide rings is 1. The fraction of sp³-hybridized carbons (Fsp3) is 0.727. The van der Waals surface area contributed by atoms with E-state index in [0.29, 0.717) is 11.7 Å². The lowest BCUT2D eigenvalue weighted by Crippen LogP contribution is -2.24. The van der Waals surface area contributed by atoms with Crippen molar-refractivity contribution in [1.29, 1.82) is 0 Å². The molecule has 0 aromatic heterocycles. The normalized spacial score (nSPS) is 46.0. The molecule has 3 aliphatic rings. The van der Waals surface area contributed by atoms with Crippen LogP contribution in [0.15, 0.2) is 12.2 Å². The number of hydrogen-bond donors (Lipinski definition) is 0. The molecule has 0 radical (unpaired) electrons. The zero-order valence-corrected chi connectivity index (χ0v) is 8.07. The van der Waals surface area contributed by atoms with Crippen molar-refractivity contribution in [2.45, 2.75) is 44.0 Å². The summed E-state index contributed by atoms with van der Waals surface area (Å²) in [6.45, 7) is 3.81. The van der Waals surface area contributed by atoms with E-state index in [0.717, 1.165) is 19.3 Å². The number of esters is 1. The molecule has 1 aliphatic carbocycles. The molecular weight excluding hydrogens is 180 g/mol. The predicted octanol–water partition coefficient (Wildman–Crippen LogP) is 1.43. The molecule has 0 bridgehead atoms. The second-order valence-electron chi connectivity index (χ2n) is 4.42. The third kappa shape index (κ3) is 1.12. The Morgan fingerprint density at radius 3 is 2.71 bits per heavy atom. The van der Waals surface area contributed by atoms with Crippen molar-refractivity contribution in [2.75, 3.05) is 0 Å². The molecule has 2 heterocycles. The Bertz CT molecular complexity index is 297. The monoisotopic (exact) mass is 194 g/mol. The van der Waals surface area contributed by atoms with Gasteiger partial charge in [-0.2, -0.15) is 0 Å². The van der Waals surface area contributed by atoms with E-state index in [4.69, 9.17) is 9.47 Å². The molecule has 0 aromatic carbocycles. The van der Waals surface area contributed by atoms with Crippen LogP contribution in [0.1, 0.15) is 25.7 Å². The van der Waals surface area contributed by atoms with Crippen LogP contribution in [0.4, 0.5) is 0 Å². The zero-order valence-electron chi connectivity index (χ0n) is 8.07. The van der Waals surface area contributed by atoms with Gasteiger partial charge in [-0.15, -0.1) is 0 Å². The first kappa shape index (κ1) is 8.48. The van der Waals surface area contributed by atoms with Crippen LogP contribution in [0.25, 0.3) is 0 Å². The van der Waals surface area contributed by atoms with Gasteiger partial charge in [0.2, 0.25) is 0 Å². The number of ether oxygens (including phenoxy) is 2. The lowest BCUT2D eigenvalue weighted by atomic mass is 9.86. The van der Waals surface area contributed by atoms with Crippen LogP contribution in [0.3, 0.4) is 0 Å². The van der Waals surface area contributed by atoms with Crippen LogP contribution in [0, 0.1) is 5.92 Å². The Labute approximate surface area is 83.1 Å². The maximum atomic E-state index is 11.4. The average Bonchev–Trinajstić information content (AvgIpc) is 2.81. The highest BCUT2D eigenvalue weighted by Crippen LogP contribution is 2.45. The number of carbonyl (C=O) groups excluding carboxylic acids is 1. The molecule has 14 heavy (non-hydrogen) atoms. The molecule has 4 atom stereocenters. The highest BCUT2D eigenvalue weighted by Gasteiger charge is 2.54. The minimum absolute atomic E-state index is 0.0466. The summed E-state index contributed by atoms with van der Waals surface area (Å²) < 4.78 is 10.9. The van der Waals surface area contributed by atoms with Crippen molar-refractivity contribution in [2.24, 2.45) is 5.92 Å². The Hall–Kier alpha value is -0.830. The van der Waals surface area contributed by atoms with E-state index < -0.39 is 0 Å². The molecular formula is C11H14O3. The van der Waals surface area contributed by atoms with E-state index in [1.807, 2.05) is 0 Å². The number of fused-ring (bicyclic) bond motifs is 3. The van der Waals surface area contributed by atoms with Gasteiger partial charge in [0.1, 0.15) is 6.10 Å². The molecule has 0 spiro atoms. The summed E-state index contributed by atoms with van der Waals surface area (Å²) in [5.74, 6) is -0.0658. The molecule has 3 rings (SSSR count). The van der Waals surface area contributed by atoms with Crippen LogP contribution >= 0.6 is 0 Å². The lowest BCUT2D eigenvalue weighted by Gasteiger charge is -2.17. The summed E-state index contributed by atoms with van der Waals surface area (Å²) in [6, 6.07) is 0. The molecule has 2 aliphatic heterocycles. The van der Waals surface area contributed by atoms with Gasteiger partial charge in [-0.25, -0.2) is 4.79 Å². The third-order valence-electron chi connectivity index (χ3n) is 3.53. The molecule has 0 amide bonds. The van der Waals surface area contributed by atoms with Crippen LogP contribution in [0.2, 0.25) is 0 Å². The predicted molar refractivity (Wildman–Crippen MR) is 49.6 cm³/mol. The molecule has 0 unspecified atom stereocenters. The van der Waals surface area contributed by atoms with Gasteiger partial charge in [-0.1, -0.05) is 13.0 Å². The number of hydrogen-bond acceptors (Lipinski definition) is 3. The first-order valence-corrected chi connectivity index (χ1v) is 5.32. The van der Waals surface area contributed by atoms with Crippen molar-refractivity contribution in [3.05, 3.63) is 12.2 Å². The second-order valence-corrected chi connectivity index (χ2v) is 4.42. The Morgan fingerprint density at radius 2 is 1.93 bits per heavy atom. The van der Waals surface area contributed by atoms with Crippen LogP contribution in [-0.4, -0.2) is 24.3 Å². The summed E-state index contributed by atoms with van der Waals surface area (Å²) in [6.07, 6.45) is 5.07. The van der Waals surface area contributed by atoms with E-state index >= 15 is 0 Å². The Kier molecular flexibility index (Phi) is 1.71. The lowest BCUT2D eigenvalue weighted by molar-refractivity contribution is -0.139. The van der Waals surface area contributed by atoms with Crippen LogP contribution in [0.5, 0.6) is 0 Å². The summed E-state index contributed by atoms with van der Waals surface area (Å²) in [5.41, 5.74) is 0.629. The van der Waals surface area contributed by atoms with E-state index in [9.17, 15) is 4.79 Å². The quantitative estimate of drug-likeness (QED) is 0.332. The molecule has 3 fully saturated rings. The highest BCUT2D eigenvalue weighted by molar-refractivity contribution is 5.91. The largest absolute Gasteiger partial charge is 0.458 e. The topological polar surface area (TPSA) is 38.8 Å². The standard InChI is InChI=1S/C11H14O3/c1-6-9-7(14-11(6)12)4-2-3-5-8-10(9)13-8/h7-10H,1-5H2/t7-,8+,9-,10-/m0/s1. The molecule has 1 saturated carbocycles. The van der Waals surface area contributed by atoms with Crippen molar-refractivity contribution in [1.82, 2.24) is 0 Å². The van der Waals surface area contributed by atoms with Gasteiger partial charge < -0.3 is 9.47 Å². The summed E-state index contributed by atoms with van der Waals surface area (Å²) in [4.78, 5) is 11.4. The van der Waals surface area contributed by atoms with Crippen molar-refractivity contribution >= 4 is 5.97 Å². The maximum absolute atomic E-state index is 11.4. The van der Waals surface area contributed by atoms with Gasteiger partial charge in [-0.05, 0) is 19.3 Å². The fourth-order valence-electron chi connectivity index (χ4n) is 2.69. The molecule has 2 saturated heterocycles. The summed E-state index contributed by atoms with van der Waals surface area (Å²) >= 11 is 0. The van der Waals surface area contributed by atoms with E-state index in [1.165, 1.54) is 6.42 Å². The molecule has 3 nitrogen and oxygen atoms in total. The Morgan fingerprint density at radius 1 is 1.21 bits per heavy atom. The van der Waals surface area contributed by atoms with E-state index in [-0.39, 0.29) is 24.1 Å². The first-order valence-electron chi connectivity index (χ1n) is 5.32. The molecule has 0 aromatic rings. The van der Waals surface area contributed by atoms with Crippen molar-refractivity contribution in [3.8, 4) is 0 Å². The number of rotatable bonds is 0. The summed E-state index contributed by atoms with van der Waals surface area (Å²) in [7, 11) is 0. The molecule has 0 N–H and O–H groups in total. The van der Waals surface area contributed by atoms with Crippen molar-refractivity contribution in [3.63, 3.8) is 0 Å². The molecule has 3 heteroatoms. The van der Waals surface area contributed by atoms with Crippen LogP contribution in [-0.2, 0) is 14.3 Å². The summed E-state index contributed by atoms with van der Waals surface area (Å²) in [5, 5.41) is 0. The minimum atomic E-state index is -0.212. The third-order valence-corrected chi connectivity index (χ3v) is 3.53. The maximum Gasteiger partial charge on any atom is 0.334 e. The second kappa shape index (κ2) is 2.83. The van der Waals surface area contributed by atoms with Gasteiger partial charge in [0.15, 0.2) is 0 Å². The van der Waals surface area contributed by atoms with Gasteiger partial charge in [-0.3, -0.25) is 0 Å². The Balaban J connectivity index is 1.86. The SMILES string of the molecule is C=C1C(=O)O[C@H]2CCCC[C@H]3O[C@@H]3[C@@H]12. The van der Waals surface area contributed by atoms with Crippen molar-refractivity contribution < 1.29 is 14.3 Å². The smallest absolute Gasteiger partial charge is 0.334 e. The zero-order chi connectivity index (χ0) is 9.71. The van der Waals surface area contributed by atoms with Gasteiger partial charge >= 0.3 is 5.97 Å². The van der Waals surface area contributed by atoms with Gasteiger partial charge in [0, 0.05) is 5.57 Å². The van der Waals surface area contributed by atoms with Gasteiger partial charge in [0.05, 0.1) is 18.1 Å². The molecule has 76 valence electrons. The van der Waals surface area contributed by atoms with Crippen LogP contribution < -0.4 is 0 Å². The fourth-order valence-corrected chi connectivity index (χ4v) is 2.69. The van der Waals surface area contributed by atoms with E-state index in [2.05, 4.69) is 6.58 Å². The first-order chi connectivity index (χ1) is 6.77. The highest BCUT2D eigenvalue weighted by atomic mass is 16.6. The average molecular weight is 194 g/mol. The van der Waals surface area contributed by atoms with E-state index in [1.54, 1.807) is 0 Å². The minimum Gasteiger partial charge on any atom is -0.458 e.